The first-order valence-electron chi connectivity index (χ1n) is 7.08. The number of aliphatic hydroxyl groups excluding tert-OH is 1. The lowest BCUT2D eigenvalue weighted by molar-refractivity contribution is 0.275. The molecule has 0 radical (unpaired) electrons. The summed E-state index contributed by atoms with van der Waals surface area (Å²) in [5, 5.41) is 13.6. The standard InChI is InChI=1S/C17H20ClNO2/c1-2-9-21-16-8-3-5-13(10-16)17(12-20)19-15-7-4-6-14(18)11-15/h3-8,10-11,17,19-20H,2,9,12H2,1H3. The highest BCUT2D eigenvalue weighted by molar-refractivity contribution is 6.30. The van der Waals surface area contributed by atoms with Gasteiger partial charge in [0, 0.05) is 10.7 Å². The predicted octanol–water partition coefficient (Wildman–Crippen LogP) is 4.27. The van der Waals surface area contributed by atoms with Crippen LogP contribution in [0.1, 0.15) is 24.9 Å². The molecule has 3 nitrogen and oxygen atoms in total. The molecule has 0 aromatic heterocycles. The second-order valence-electron chi connectivity index (χ2n) is 4.81. The molecule has 0 spiro atoms. The Morgan fingerprint density at radius 1 is 1.19 bits per heavy atom. The van der Waals surface area contributed by atoms with Crippen LogP contribution in [-0.2, 0) is 0 Å². The monoisotopic (exact) mass is 305 g/mol. The summed E-state index contributed by atoms with van der Waals surface area (Å²) in [7, 11) is 0. The topological polar surface area (TPSA) is 41.5 Å². The van der Waals surface area contributed by atoms with E-state index in [1.165, 1.54) is 0 Å². The molecule has 2 N–H and O–H groups in total. The van der Waals surface area contributed by atoms with Gasteiger partial charge in [-0.2, -0.15) is 0 Å². The van der Waals surface area contributed by atoms with E-state index in [1.54, 1.807) is 0 Å². The first kappa shape index (κ1) is 15.7. The largest absolute Gasteiger partial charge is 0.494 e. The van der Waals surface area contributed by atoms with Gasteiger partial charge < -0.3 is 15.2 Å². The molecule has 0 saturated heterocycles. The number of anilines is 1. The number of hydrogen-bond acceptors (Lipinski definition) is 3. The minimum atomic E-state index is -0.200. The molecule has 2 rings (SSSR count). The second kappa shape index (κ2) is 7.91. The van der Waals surface area contributed by atoms with Crippen molar-refractivity contribution in [1.82, 2.24) is 0 Å². The van der Waals surface area contributed by atoms with Crippen LogP contribution in [0.4, 0.5) is 5.69 Å². The summed E-state index contributed by atoms with van der Waals surface area (Å²) in [6, 6.07) is 15.0. The average molecular weight is 306 g/mol. The van der Waals surface area contributed by atoms with Gasteiger partial charge in [-0.15, -0.1) is 0 Å². The van der Waals surface area contributed by atoms with Crippen molar-refractivity contribution in [2.24, 2.45) is 0 Å². The van der Waals surface area contributed by atoms with E-state index >= 15 is 0 Å². The molecular formula is C17H20ClNO2. The molecule has 112 valence electrons. The van der Waals surface area contributed by atoms with Crippen molar-refractivity contribution < 1.29 is 9.84 Å². The highest BCUT2D eigenvalue weighted by Crippen LogP contribution is 2.24. The maximum Gasteiger partial charge on any atom is 0.119 e. The van der Waals surface area contributed by atoms with Gasteiger partial charge in [0.25, 0.3) is 0 Å². The Hall–Kier alpha value is -1.71. The van der Waals surface area contributed by atoms with Crippen molar-refractivity contribution in [2.75, 3.05) is 18.5 Å². The van der Waals surface area contributed by atoms with Crippen LogP contribution in [0.25, 0.3) is 0 Å². The zero-order valence-corrected chi connectivity index (χ0v) is 12.8. The number of hydrogen-bond donors (Lipinski definition) is 2. The molecule has 0 aliphatic heterocycles. The van der Waals surface area contributed by atoms with Gasteiger partial charge in [-0.25, -0.2) is 0 Å². The van der Waals surface area contributed by atoms with Crippen molar-refractivity contribution in [3.05, 3.63) is 59.1 Å². The van der Waals surface area contributed by atoms with Gasteiger partial charge in [-0.1, -0.05) is 36.7 Å². The number of halogens is 1. The predicted molar refractivity (Wildman–Crippen MR) is 87.1 cm³/mol. The summed E-state index contributed by atoms with van der Waals surface area (Å²) in [5.41, 5.74) is 1.85. The maximum atomic E-state index is 9.64. The first-order chi connectivity index (χ1) is 10.2. The fourth-order valence-corrected chi connectivity index (χ4v) is 2.25. The number of ether oxygens (including phenoxy) is 1. The average Bonchev–Trinajstić information content (AvgIpc) is 2.51. The van der Waals surface area contributed by atoms with E-state index in [2.05, 4.69) is 12.2 Å². The quantitative estimate of drug-likeness (QED) is 0.802. The summed E-state index contributed by atoms with van der Waals surface area (Å²) < 4.78 is 5.63. The summed E-state index contributed by atoms with van der Waals surface area (Å²) in [6.07, 6.45) is 0.967. The third-order valence-corrected chi connectivity index (χ3v) is 3.32. The van der Waals surface area contributed by atoms with Gasteiger partial charge >= 0.3 is 0 Å². The van der Waals surface area contributed by atoms with E-state index < -0.39 is 0 Å². The first-order valence-corrected chi connectivity index (χ1v) is 7.46. The van der Waals surface area contributed by atoms with Crippen LogP contribution in [0.3, 0.4) is 0 Å². The summed E-state index contributed by atoms with van der Waals surface area (Å²) in [6.45, 7) is 2.75. The van der Waals surface area contributed by atoms with Crippen LogP contribution in [0.5, 0.6) is 5.75 Å². The zero-order chi connectivity index (χ0) is 15.1. The summed E-state index contributed by atoms with van der Waals surface area (Å²) >= 11 is 5.98. The van der Waals surface area contributed by atoms with Crippen LogP contribution >= 0.6 is 11.6 Å². The minimum Gasteiger partial charge on any atom is -0.494 e. The Kier molecular flexibility index (Phi) is 5.90. The molecule has 0 fully saturated rings. The fraction of sp³-hybridized carbons (Fsp3) is 0.294. The molecule has 0 aliphatic rings. The van der Waals surface area contributed by atoms with Crippen molar-refractivity contribution in [2.45, 2.75) is 19.4 Å². The van der Waals surface area contributed by atoms with Gasteiger partial charge in [0.1, 0.15) is 5.75 Å². The number of rotatable bonds is 7. The summed E-state index contributed by atoms with van der Waals surface area (Å²) in [4.78, 5) is 0. The molecule has 0 saturated carbocycles. The Morgan fingerprint density at radius 2 is 2.00 bits per heavy atom. The molecule has 0 heterocycles. The second-order valence-corrected chi connectivity index (χ2v) is 5.25. The maximum absolute atomic E-state index is 9.64. The van der Waals surface area contributed by atoms with E-state index in [9.17, 15) is 5.11 Å². The highest BCUT2D eigenvalue weighted by Gasteiger charge is 2.11. The van der Waals surface area contributed by atoms with E-state index in [0.717, 1.165) is 23.4 Å². The van der Waals surface area contributed by atoms with Gasteiger partial charge in [-0.05, 0) is 42.3 Å². The van der Waals surface area contributed by atoms with Crippen LogP contribution in [0, 0.1) is 0 Å². The van der Waals surface area contributed by atoms with Crippen molar-refractivity contribution in [3.8, 4) is 5.75 Å². The number of benzene rings is 2. The molecule has 0 bridgehead atoms. The zero-order valence-electron chi connectivity index (χ0n) is 12.1. The van der Waals surface area contributed by atoms with E-state index in [1.807, 2.05) is 48.5 Å². The lowest BCUT2D eigenvalue weighted by atomic mass is 10.1. The third kappa shape index (κ3) is 4.66. The van der Waals surface area contributed by atoms with Crippen LogP contribution in [0.2, 0.25) is 5.02 Å². The number of nitrogens with one attached hydrogen (secondary N) is 1. The molecule has 0 aliphatic carbocycles. The highest BCUT2D eigenvalue weighted by atomic mass is 35.5. The summed E-state index contributed by atoms with van der Waals surface area (Å²) in [5.74, 6) is 0.820. The molecule has 21 heavy (non-hydrogen) atoms. The Balaban J connectivity index is 2.13. The Labute approximate surface area is 130 Å². The van der Waals surface area contributed by atoms with Gasteiger partial charge in [0.15, 0.2) is 0 Å². The lowest BCUT2D eigenvalue weighted by Crippen LogP contribution is -2.15. The Morgan fingerprint density at radius 3 is 2.71 bits per heavy atom. The van der Waals surface area contributed by atoms with Crippen molar-refractivity contribution in [1.29, 1.82) is 0 Å². The van der Waals surface area contributed by atoms with Crippen LogP contribution in [-0.4, -0.2) is 18.3 Å². The van der Waals surface area contributed by atoms with E-state index in [-0.39, 0.29) is 12.6 Å². The van der Waals surface area contributed by atoms with Crippen LogP contribution < -0.4 is 10.1 Å². The molecule has 0 amide bonds. The third-order valence-electron chi connectivity index (χ3n) is 3.08. The smallest absolute Gasteiger partial charge is 0.119 e. The van der Waals surface area contributed by atoms with Gasteiger partial charge in [-0.3, -0.25) is 0 Å². The molecule has 4 heteroatoms. The molecule has 2 aromatic rings. The minimum absolute atomic E-state index is 0.0102. The van der Waals surface area contributed by atoms with Gasteiger partial charge in [0.2, 0.25) is 0 Å². The van der Waals surface area contributed by atoms with Crippen molar-refractivity contribution >= 4 is 17.3 Å². The van der Waals surface area contributed by atoms with Gasteiger partial charge in [0.05, 0.1) is 19.3 Å². The van der Waals surface area contributed by atoms with E-state index in [0.29, 0.717) is 11.6 Å². The van der Waals surface area contributed by atoms with Crippen molar-refractivity contribution in [3.63, 3.8) is 0 Å². The molecular weight excluding hydrogens is 286 g/mol. The fourth-order valence-electron chi connectivity index (χ4n) is 2.05. The Bertz CT molecular complexity index is 574. The lowest BCUT2D eigenvalue weighted by Gasteiger charge is -2.19. The normalized spacial score (nSPS) is 12.0. The molecule has 1 atom stereocenters. The molecule has 2 aromatic carbocycles. The number of aliphatic hydroxyl groups is 1. The molecule has 1 unspecified atom stereocenters. The van der Waals surface area contributed by atoms with Crippen LogP contribution in [0.15, 0.2) is 48.5 Å². The SMILES string of the molecule is CCCOc1cccc(C(CO)Nc2cccc(Cl)c2)c1. The van der Waals surface area contributed by atoms with E-state index in [4.69, 9.17) is 16.3 Å².